The van der Waals surface area contributed by atoms with Crippen LogP contribution < -0.4 is 5.56 Å². The SMILES string of the molecule is Cc1ccc(Cn2cnc3sc4c(c3c2=O)CC[C@@H](C(C)(C)C)C4)cc1. The lowest BCUT2D eigenvalue weighted by Crippen LogP contribution is -2.27. The van der Waals surface area contributed by atoms with E-state index < -0.39 is 0 Å². The van der Waals surface area contributed by atoms with E-state index in [2.05, 4.69) is 56.9 Å². The molecule has 4 rings (SSSR count). The number of benzene rings is 1. The van der Waals surface area contributed by atoms with Crippen LogP contribution in [0.3, 0.4) is 0 Å². The molecule has 0 fully saturated rings. The van der Waals surface area contributed by atoms with Gasteiger partial charge in [-0.2, -0.15) is 0 Å². The Morgan fingerprint density at radius 1 is 1.23 bits per heavy atom. The summed E-state index contributed by atoms with van der Waals surface area (Å²) in [5.74, 6) is 0.679. The first-order chi connectivity index (χ1) is 12.3. The van der Waals surface area contributed by atoms with Gasteiger partial charge in [-0.3, -0.25) is 9.36 Å². The molecule has 1 aliphatic rings. The molecule has 0 saturated carbocycles. The highest BCUT2D eigenvalue weighted by molar-refractivity contribution is 7.18. The minimum absolute atomic E-state index is 0.113. The predicted molar refractivity (Wildman–Crippen MR) is 109 cm³/mol. The zero-order chi connectivity index (χ0) is 18.5. The molecule has 4 heteroatoms. The predicted octanol–water partition coefficient (Wildman–Crippen LogP) is 4.97. The van der Waals surface area contributed by atoms with E-state index in [1.807, 2.05) is 0 Å². The average molecular weight is 367 g/mol. The van der Waals surface area contributed by atoms with Gasteiger partial charge >= 0.3 is 0 Å². The third-order valence-corrected chi connectivity index (χ3v) is 6.90. The summed E-state index contributed by atoms with van der Waals surface area (Å²) in [7, 11) is 0. The van der Waals surface area contributed by atoms with E-state index in [9.17, 15) is 4.79 Å². The lowest BCUT2D eigenvalue weighted by molar-refractivity contribution is 0.218. The van der Waals surface area contributed by atoms with Crippen molar-refractivity contribution in [2.24, 2.45) is 11.3 Å². The highest BCUT2D eigenvalue weighted by Crippen LogP contribution is 2.41. The van der Waals surface area contributed by atoms with Crippen molar-refractivity contribution in [1.82, 2.24) is 9.55 Å². The van der Waals surface area contributed by atoms with Crippen molar-refractivity contribution in [3.8, 4) is 0 Å². The number of fused-ring (bicyclic) bond motifs is 3. The molecular formula is C22H26N2OS. The number of nitrogens with zero attached hydrogens (tertiary/aromatic N) is 2. The van der Waals surface area contributed by atoms with E-state index in [1.165, 1.54) is 16.0 Å². The van der Waals surface area contributed by atoms with Crippen molar-refractivity contribution in [2.45, 2.75) is 53.5 Å². The Morgan fingerprint density at radius 3 is 2.65 bits per heavy atom. The molecular weight excluding hydrogens is 340 g/mol. The maximum absolute atomic E-state index is 13.1. The Balaban J connectivity index is 1.72. The first kappa shape index (κ1) is 17.5. The first-order valence-electron chi connectivity index (χ1n) is 9.38. The number of thiophene rings is 1. The van der Waals surface area contributed by atoms with Gasteiger partial charge in [0.2, 0.25) is 0 Å². The van der Waals surface area contributed by atoms with E-state index in [1.54, 1.807) is 22.2 Å². The molecule has 0 saturated heterocycles. The molecule has 1 aromatic carbocycles. The van der Waals surface area contributed by atoms with Gasteiger partial charge in [0, 0.05) is 4.88 Å². The van der Waals surface area contributed by atoms with Gasteiger partial charge in [0.25, 0.3) is 5.56 Å². The Hall–Kier alpha value is -1.94. The molecule has 3 aromatic rings. The zero-order valence-electron chi connectivity index (χ0n) is 16.0. The monoisotopic (exact) mass is 366 g/mol. The summed E-state index contributed by atoms with van der Waals surface area (Å²) in [6.07, 6.45) is 4.96. The number of aromatic nitrogens is 2. The van der Waals surface area contributed by atoms with Gasteiger partial charge in [-0.15, -0.1) is 11.3 Å². The van der Waals surface area contributed by atoms with Gasteiger partial charge in [0.05, 0.1) is 18.3 Å². The van der Waals surface area contributed by atoms with Crippen LogP contribution in [0.25, 0.3) is 10.2 Å². The second kappa shape index (κ2) is 6.34. The average Bonchev–Trinajstić information content (AvgIpc) is 2.97. The van der Waals surface area contributed by atoms with Crippen LogP contribution in [0.2, 0.25) is 0 Å². The number of rotatable bonds is 2. The smallest absolute Gasteiger partial charge is 0.262 e. The molecule has 0 amide bonds. The van der Waals surface area contributed by atoms with E-state index in [0.717, 1.165) is 35.0 Å². The normalized spacial score (nSPS) is 17.5. The summed E-state index contributed by atoms with van der Waals surface area (Å²) in [6.45, 7) is 9.62. The van der Waals surface area contributed by atoms with Crippen molar-refractivity contribution in [3.05, 3.63) is 62.5 Å². The Kier molecular flexibility index (Phi) is 4.26. The molecule has 1 atom stereocenters. The van der Waals surface area contributed by atoms with E-state index in [0.29, 0.717) is 17.9 Å². The van der Waals surface area contributed by atoms with Crippen LogP contribution >= 0.6 is 11.3 Å². The maximum Gasteiger partial charge on any atom is 0.262 e. The minimum Gasteiger partial charge on any atom is -0.294 e. The lowest BCUT2D eigenvalue weighted by Gasteiger charge is -2.33. The second-order valence-electron chi connectivity index (χ2n) is 8.65. The molecule has 2 heterocycles. The van der Waals surface area contributed by atoms with Crippen LogP contribution in [-0.4, -0.2) is 9.55 Å². The number of hydrogen-bond acceptors (Lipinski definition) is 3. The van der Waals surface area contributed by atoms with Crippen LogP contribution in [-0.2, 0) is 19.4 Å². The molecule has 0 unspecified atom stereocenters. The van der Waals surface area contributed by atoms with E-state index in [-0.39, 0.29) is 5.56 Å². The van der Waals surface area contributed by atoms with Gasteiger partial charge in [-0.05, 0) is 48.6 Å². The van der Waals surface area contributed by atoms with Crippen LogP contribution in [0.5, 0.6) is 0 Å². The van der Waals surface area contributed by atoms with Crippen LogP contribution in [0.15, 0.2) is 35.4 Å². The van der Waals surface area contributed by atoms with Crippen molar-refractivity contribution in [3.63, 3.8) is 0 Å². The highest BCUT2D eigenvalue weighted by atomic mass is 32.1. The van der Waals surface area contributed by atoms with Crippen LogP contribution in [0, 0.1) is 18.3 Å². The standard InChI is InChI=1S/C22H26N2OS/c1-14-5-7-15(8-6-14)12-24-13-23-20-19(21(24)25)17-10-9-16(22(2,3)4)11-18(17)26-20/h5-8,13,16H,9-12H2,1-4H3/t16-/m1/s1. The van der Waals surface area contributed by atoms with E-state index >= 15 is 0 Å². The molecule has 0 N–H and O–H groups in total. The molecule has 0 spiro atoms. The third-order valence-electron chi connectivity index (χ3n) is 5.73. The number of aryl methyl sites for hydroxylation is 2. The summed E-state index contributed by atoms with van der Waals surface area (Å²) < 4.78 is 1.76. The lowest BCUT2D eigenvalue weighted by atomic mass is 9.72. The van der Waals surface area contributed by atoms with E-state index in [4.69, 9.17) is 0 Å². The third kappa shape index (κ3) is 3.11. The summed E-state index contributed by atoms with van der Waals surface area (Å²) >= 11 is 1.73. The molecule has 3 nitrogen and oxygen atoms in total. The van der Waals surface area contributed by atoms with Crippen LogP contribution in [0.1, 0.15) is 48.8 Å². The summed E-state index contributed by atoms with van der Waals surface area (Å²) in [4.78, 5) is 20.1. The van der Waals surface area contributed by atoms with Crippen LogP contribution in [0.4, 0.5) is 0 Å². The molecule has 1 aliphatic carbocycles. The Labute approximate surface area is 158 Å². The molecule has 0 bridgehead atoms. The van der Waals surface area contributed by atoms with Gasteiger partial charge in [-0.25, -0.2) is 4.98 Å². The first-order valence-corrected chi connectivity index (χ1v) is 10.2. The molecule has 0 aliphatic heterocycles. The van der Waals surface area contributed by atoms with Gasteiger partial charge in [-0.1, -0.05) is 50.6 Å². The Morgan fingerprint density at radius 2 is 1.96 bits per heavy atom. The van der Waals surface area contributed by atoms with Crippen molar-refractivity contribution in [2.75, 3.05) is 0 Å². The fourth-order valence-corrected chi connectivity index (χ4v) is 5.20. The maximum atomic E-state index is 13.1. The number of hydrogen-bond donors (Lipinski definition) is 0. The van der Waals surface area contributed by atoms with Gasteiger partial charge in [0.1, 0.15) is 4.83 Å². The fraction of sp³-hybridized carbons (Fsp3) is 0.455. The Bertz CT molecular complexity index is 1010. The quantitative estimate of drug-likeness (QED) is 0.642. The van der Waals surface area contributed by atoms with Crippen molar-refractivity contribution in [1.29, 1.82) is 0 Å². The molecule has 2 aromatic heterocycles. The molecule has 26 heavy (non-hydrogen) atoms. The zero-order valence-corrected chi connectivity index (χ0v) is 16.8. The van der Waals surface area contributed by atoms with Crippen molar-refractivity contribution >= 4 is 21.6 Å². The summed E-state index contributed by atoms with van der Waals surface area (Å²) in [5, 5.41) is 0.868. The molecule has 0 radical (unpaired) electrons. The summed E-state index contributed by atoms with van der Waals surface area (Å²) in [5.41, 5.74) is 4.06. The van der Waals surface area contributed by atoms with Gasteiger partial charge in [0.15, 0.2) is 0 Å². The van der Waals surface area contributed by atoms with Crippen molar-refractivity contribution < 1.29 is 0 Å². The highest BCUT2D eigenvalue weighted by Gasteiger charge is 2.31. The molecule has 136 valence electrons. The summed E-state index contributed by atoms with van der Waals surface area (Å²) in [6, 6.07) is 8.35. The second-order valence-corrected chi connectivity index (χ2v) is 9.74. The fourth-order valence-electron chi connectivity index (χ4n) is 3.94. The topological polar surface area (TPSA) is 34.9 Å². The van der Waals surface area contributed by atoms with Gasteiger partial charge < -0.3 is 0 Å². The minimum atomic E-state index is 0.113. The largest absolute Gasteiger partial charge is 0.294 e.